The fourth-order valence-electron chi connectivity index (χ4n) is 2.51. The number of hydrogen-bond acceptors (Lipinski definition) is 4. The molecular weight excluding hydrogens is 284 g/mol. The van der Waals surface area contributed by atoms with Crippen molar-refractivity contribution in [3.8, 4) is 0 Å². The summed E-state index contributed by atoms with van der Waals surface area (Å²) >= 11 is -1.16. The molecule has 1 aliphatic heterocycles. The summed E-state index contributed by atoms with van der Waals surface area (Å²) in [5, 5.41) is 4.86. The van der Waals surface area contributed by atoms with Crippen molar-refractivity contribution in [3.63, 3.8) is 0 Å². The first kappa shape index (κ1) is 16.1. The number of carbonyl (C=O) groups excluding carboxylic acids is 1. The Balaban J connectivity index is 2.08. The van der Waals surface area contributed by atoms with E-state index in [1.807, 2.05) is 17.4 Å². The molecule has 1 N–H and O–H groups in total. The molecule has 0 aromatic heterocycles. The number of anilines is 1. The van der Waals surface area contributed by atoms with Crippen molar-refractivity contribution >= 4 is 28.9 Å². The van der Waals surface area contributed by atoms with Crippen LogP contribution in [0.3, 0.4) is 0 Å². The average molecular weight is 306 g/mol. The van der Waals surface area contributed by atoms with Crippen molar-refractivity contribution in [2.45, 2.75) is 26.7 Å². The predicted molar refractivity (Wildman–Crippen MR) is 88.5 cm³/mol. The number of nitrogens with zero attached hydrogens (tertiary/aromatic N) is 1. The third-order valence-corrected chi connectivity index (χ3v) is 5.01. The number of carbonyl (C=O) groups is 1. The van der Waals surface area contributed by atoms with Crippen LogP contribution in [0.5, 0.6) is 0 Å². The highest BCUT2D eigenvalue weighted by Crippen LogP contribution is 2.22. The zero-order chi connectivity index (χ0) is 15.4. The molecule has 1 saturated heterocycles. The van der Waals surface area contributed by atoms with E-state index in [0.29, 0.717) is 25.9 Å². The highest BCUT2D eigenvalue weighted by molar-refractivity contribution is 7.92. The van der Waals surface area contributed by atoms with Crippen LogP contribution >= 0.6 is 0 Å². The van der Waals surface area contributed by atoms with Gasteiger partial charge in [0.2, 0.25) is 0 Å². The maximum absolute atomic E-state index is 12.3. The lowest BCUT2D eigenvalue weighted by Crippen LogP contribution is -2.37. The molecule has 21 heavy (non-hydrogen) atoms. The van der Waals surface area contributed by atoms with Crippen molar-refractivity contribution < 1.29 is 9.35 Å². The molecule has 0 aliphatic carbocycles. The van der Waals surface area contributed by atoms with Gasteiger partial charge in [-0.25, -0.2) is 0 Å². The SMILES string of the molecule is CNc1cc(C)c(/C=C/[S+]([O-])N2CCC(=O)CC2)c(C)c1. The molecule has 1 heterocycles. The van der Waals surface area contributed by atoms with Gasteiger partial charge >= 0.3 is 0 Å². The summed E-state index contributed by atoms with van der Waals surface area (Å²) in [6.45, 7) is 5.28. The fourth-order valence-corrected chi connectivity index (χ4v) is 3.48. The van der Waals surface area contributed by atoms with Gasteiger partial charge in [-0.15, -0.1) is 4.31 Å². The minimum absolute atomic E-state index is 0.265. The number of piperidine rings is 1. The van der Waals surface area contributed by atoms with Crippen LogP contribution in [-0.4, -0.2) is 34.8 Å². The van der Waals surface area contributed by atoms with Crippen molar-refractivity contribution in [2.75, 3.05) is 25.5 Å². The molecule has 5 heteroatoms. The van der Waals surface area contributed by atoms with Gasteiger partial charge in [0.05, 0.1) is 24.5 Å². The minimum atomic E-state index is -1.16. The first-order chi connectivity index (χ1) is 10.0. The molecule has 0 saturated carbocycles. The minimum Gasteiger partial charge on any atom is -0.593 e. The van der Waals surface area contributed by atoms with E-state index in [1.165, 1.54) is 0 Å². The van der Waals surface area contributed by atoms with Gasteiger partial charge in [0.15, 0.2) is 0 Å². The van der Waals surface area contributed by atoms with Gasteiger partial charge < -0.3 is 9.87 Å². The monoisotopic (exact) mass is 306 g/mol. The van der Waals surface area contributed by atoms with E-state index >= 15 is 0 Å². The molecule has 0 bridgehead atoms. The largest absolute Gasteiger partial charge is 0.593 e. The Kier molecular flexibility index (Phi) is 5.45. The molecule has 1 atom stereocenters. The quantitative estimate of drug-likeness (QED) is 0.869. The second-order valence-corrected chi connectivity index (χ2v) is 6.66. The van der Waals surface area contributed by atoms with Crippen LogP contribution in [0, 0.1) is 13.8 Å². The fraction of sp³-hybridized carbons (Fsp3) is 0.438. The second-order valence-electron chi connectivity index (χ2n) is 5.32. The smallest absolute Gasteiger partial charge is 0.139 e. The van der Waals surface area contributed by atoms with Gasteiger partial charge in [-0.1, -0.05) is 0 Å². The molecule has 1 aromatic carbocycles. The zero-order valence-corrected chi connectivity index (χ0v) is 13.6. The maximum Gasteiger partial charge on any atom is 0.139 e. The standard InChI is InChI=1S/C16H22N2O2S/c1-12-10-14(17-3)11-13(2)16(12)6-9-21(20)18-7-4-15(19)5-8-18/h6,9-11,17H,4-5,7-8H2,1-3H3/b9-6+. The summed E-state index contributed by atoms with van der Waals surface area (Å²) in [7, 11) is 1.90. The molecule has 0 amide bonds. The third-order valence-electron chi connectivity index (χ3n) is 3.77. The lowest BCUT2D eigenvalue weighted by molar-refractivity contribution is -0.120. The van der Waals surface area contributed by atoms with Crippen LogP contribution in [0.2, 0.25) is 0 Å². The number of benzene rings is 1. The van der Waals surface area contributed by atoms with Crippen LogP contribution < -0.4 is 5.32 Å². The van der Waals surface area contributed by atoms with E-state index in [2.05, 4.69) is 31.3 Å². The average Bonchev–Trinajstić information content (AvgIpc) is 2.46. The highest BCUT2D eigenvalue weighted by atomic mass is 32.2. The first-order valence-corrected chi connectivity index (χ1v) is 8.33. The number of rotatable bonds is 4. The topological polar surface area (TPSA) is 55.4 Å². The van der Waals surface area contributed by atoms with Crippen molar-refractivity contribution in [3.05, 3.63) is 34.2 Å². The van der Waals surface area contributed by atoms with Crippen molar-refractivity contribution in [1.82, 2.24) is 4.31 Å². The molecule has 1 aromatic rings. The summed E-state index contributed by atoms with van der Waals surface area (Å²) in [5.74, 6) is 0.265. The summed E-state index contributed by atoms with van der Waals surface area (Å²) in [4.78, 5) is 11.2. The van der Waals surface area contributed by atoms with E-state index in [9.17, 15) is 9.35 Å². The number of nitrogens with one attached hydrogen (secondary N) is 1. The Morgan fingerprint density at radius 3 is 2.33 bits per heavy atom. The Bertz CT molecular complexity index is 524. The molecule has 0 spiro atoms. The lowest BCUT2D eigenvalue weighted by Gasteiger charge is -2.24. The molecule has 1 unspecified atom stereocenters. The van der Waals surface area contributed by atoms with Gasteiger partial charge in [0.1, 0.15) is 11.2 Å². The van der Waals surface area contributed by atoms with Gasteiger partial charge in [0, 0.05) is 25.6 Å². The summed E-state index contributed by atoms with van der Waals surface area (Å²) in [5.41, 5.74) is 4.50. The Morgan fingerprint density at radius 2 is 1.81 bits per heavy atom. The van der Waals surface area contributed by atoms with Crippen molar-refractivity contribution in [1.29, 1.82) is 0 Å². The van der Waals surface area contributed by atoms with Gasteiger partial charge in [0.25, 0.3) is 0 Å². The molecule has 2 rings (SSSR count). The van der Waals surface area contributed by atoms with Crippen LogP contribution in [0.1, 0.15) is 29.5 Å². The van der Waals surface area contributed by atoms with E-state index < -0.39 is 11.4 Å². The first-order valence-electron chi connectivity index (χ1n) is 7.16. The molecule has 0 radical (unpaired) electrons. The normalized spacial score (nSPS) is 18.2. The number of Topliss-reactive ketones (excluding diaryl/α,β-unsaturated/α-hetero) is 1. The van der Waals surface area contributed by atoms with E-state index in [1.54, 1.807) is 5.41 Å². The Labute approximate surface area is 129 Å². The predicted octanol–water partition coefficient (Wildman–Crippen LogP) is 2.64. The van der Waals surface area contributed by atoms with Gasteiger partial charge in [-0.05, 0) is 48.7 Å². The highest BCUT2D eigenvalue weighted by Gasteiger charge is 2.24. The van der Waals surface area contributed by atoms with Crippen LogP contribution in [0.4, 0.5) is 5.69 Å². The van der Waals surface area contributed by atoms with Gasteiger partial charge in [-0.2, -0.15) is 0 Å². The Morgan fingerprint density at radius 1 is 1.24 bits per heavy atom. The molecule has 114 valence electrons. The van der Waals surface area contributed by atoms with Crippen LogP contribution in [-0.2, 0) is 16.2 Å². The van der Waals surface area contributed by atoms with E-state index in [4.69, 9.17) is 0 Å². The molecule has 4 nitrogen and oxygen atoms in total. The van der Waals surface area contributed by atoms with Gasteiger partial charge in [-0.3, -0.25) is 4.79 Å². The number of ketones is 1. The number of hydrogen-bond donors (Lipinski definition) is 1. The summed E-state index contributed by atoms with van der Waals surface area (Å²) in [6, 6.07) is 4.16. The second kappa shape index (κ2) is 7.11. The molecule has 1 aliphatic rings. The molecule has 1 fully saturated rings. The third kappa shape index (κ3) is 4.09. The Hall–Kier alpha value is -1.30. The van der Waals surface area contributed by atoms with Crippen molar-refractivity contribution in [2.24, 2.45) is 0 Å². The van der Waals surface area contributed by atoms with E-state index in [-0.39, 0.29) is 5.78 Å². The number of aryl methyl sites for hydroxylation is 2. The molecular formula is C16H22N2O2S. The van der Waals surface area contributed by atoms with Crippen LogP contribution in [0.25, 0.3) is 6.08 Å². The van der Waals surface area contributed by atoms with Crippen LogP contribution in [0.15, 0.2) is 17.5 Å². The summed E-state index contributed by atoms with van der Waals surface area (Å²) in [6.07, 6.45) is 2.94. The lowest BCUT2D eigenvalue weighted by atomic mass is 10.0. The van der Waals surface area contributed by atoms with E-state index in [0.717, 1.165) is 22.4 Å². The zero-order valence-electron chi connectivity index (χ0n) is 12.8. The maximum atomic E-state index is 12.3. The summed E-state index contributed by atoms with van der Waals surface area (Å²) < 4.78 is 14.1.